The molecule has 0 saturated heterocycles. The van der Waals surface area contributed by atoms with E-state index < -0.39 is 0 Å². The third-order valence-electron chi connectivity index (χ3n) is 2.88. The molecular weight excluding hydrogens is 242 g/mol. The predicted molar refractivity (Wildman–Crippen MR) is 71.4 cm³/mol. The fourth-order valence-electron chi connectivity index (χ4n) is 1.79. The van der Waals surface area contributed by atoms with Crippen molar-refractivity contribution in [2.75, 3.05) is 6.61 Å². The molecule has 0 aliphatic heterocycles. The number of hydrogen-bond donors (Lipinski definition) is 1. The fourth-order valence-corrected chi connectivity index (χ4v) is 1.79. The SMILES string of the molecule is CCOC(c1ccccc1)c1noc(C(N)CC)n1. The average molecular weight is 261 g/mol. The number of aromatic nitrogens is 2. The molecule has 1 aromatic carbocycles. The topological polar surface area (TPSA) is 74.2 Å². The summed E-state index contributed by atoms with van der Waals surface area (Å²) in [5.41, 5.74) is 6.88. The molecule has 102 valence electrons. The molecule has 0 aliphatic rings. The third-order valence-corrected chi connectivity index (χ3v) is 2.88. The maximum absolute atomic E-state index is 5.88. The number of benzene rings is 1. The van der Waals surface area contributed by atoms with E-state index in [-0.39, 0.29) is 12.1 Å². The Hall–Kier alpha value is -1.72. The predicted octanol–water partition coefficient (Wildman–Crippen LogP) is 2.61. The summed E-state index contributed by atoms with van der Waals surface area (Å²) < 4.78 is 10.9. The monoisotopic (exact) mass is 261 g/mol. The first-order valence-electron chi connectivity index (χ1n) is 6.51. The summed E-state index contributed by atoms with van der Waals surface area (Å²) in [6.45, 7) is 4.49. The lowest BCUT2D eigenvalue weighted by atomic mass is 10.1. The van der Waals surface area contributed by atoms with E-state index in [1.807, 2.05) is 44.2 Å². The molecular formula is C14H19N3O2. The smallest absolute Gasteiger partial charge is 0.243 e. The molecule has 1 heterocycles. The van der Waals surface area contributed by atoms with Gasteiger partial charge in [0.15, 0.2) is 0 Å². The summed E-state index contributed by atoms with van der Waals surface area (Å²) in [5.74, 6) is 0.977. The van der Waals surface area contributed by atoms with Crippen LogP contribution < -0.4 is 5.73 Å². The minimum absolute atomic E-state index is 0.223. The zero-order valence-electron chi connectivity index (χ0n) is 11.2. The standard InChI is InChI=1S/C14H19N3O2/c1-3-11(15)14-16-13(17-19-14)12(18-4-2)10-8-6-5-7-9-10/h5-9,11-12H,3-4,15H2,1-2H3. The van der Waals surface area contributed by atoms with Crippen molar-refractivity contribution in [2.24, 2.45) is 5.73 Å². The van der Waals surface area contributed by atoms with Crippen molar-refractivity contribution in [3.63, 3.8) is 0 Å². The maximum Gasteiger partial charge on any atom is 0.243 e. The number of rotatable bonds is 6. The van der Waals surface area contributed by atoms with Gasteiger partial charge in [-0.2, -0.15) is 4.98 Å². The van der Waals surface area contributed by atoms with Gasteiger partial charge < -0.3 is 15.0 Å². The molecule has 2 aromatic rings. The quantitative estimate of drug-likeness (QED) is 0.865. The Morgan fingerprint density at radius 2 is 2.00 bits per heavy atom. The molecule has 5 heteroatoms. The van der Waals surface area contributed by atoms with Crippen LogP contribution in [0.25, 0.3) is 0 Å². The van der Waals surface area contributed by atoms with Crippen LogP contribution in [0.4, 0.5) is 0 Å². The second-order valence-electron chi connectivity index (χ2n) is 4.25. The first-order valence-corrected chi connectivity index (χ1v) is 6.51. The van der Waals surface area contributed by atoms with Gasteiger partial charge in [-0.25, -0.2) is 0 Å². The van der Waals surface area contributed by atoms with E-state index in [4.69, 9.17) is 15.0 Å². The fraction of sp³-hybridized carbons (Fsp3) is 0.429. The van der Waals surface area contributed by atoms with E-state index in [0.29, 0.717) is 18.3 Å². The van der Waals surface area contributed by atoms with Gasteiger partial charge in [0.1, 0.15) is 6.10 Å². The van der Waals surface area contributed by atoms with Crippen molar-refractivity contribution in [3.05, 3.63) is 47.6 Å². The van der Waals surface area contributed by atoms with Gasteiger partial charge in [-0.1, -0.05) is 42.4 Å². The Labute approximate surface area is 112 Å². The summed E-state index contributed by atoms with van der Waals surface area (Å²) in [5, 5.41) is 3.99. The van der Waals surface area contributed by atoms with Crippen molar-refractivity contribution >= 4 is 0 Å². The van der Waals surface area contributed by atoms with Crippen LogP contribution in [-0.2, 0) is 4.74 Å². The molecule has 5 nitrogen and oxygen atoms in total. The molecule has 0 spiro atoms. The lowest BCUT2D eigenvalue weighted by Crippen LogP contribution is -2.11. The first kappa shape index (κ1) is 13.7. The second kappa shape index (κ2) is 6.45. The van der Waals surface area contributed by atoms with Crippen molar-refractivity contribution in [1.29, 1.82) is 0 Å². The van der Waals surface area contributed by atoms with Gasteiger partial charge in [-0.15, -0.1) is 0 Å². The Morgan fingerprint density at radius 3 is 2.63 bits per heavy atom. The van der Waals surface area contributed by atoms with Gasteiger partial charge >= 0.3 is 0 Å². The summed E-state index contributed by atoms with van der Waals surface area (Å²) in [7, 11) is 0. The summed E-state index contributed by atoms with van der Waals surface area (Å²) >= 11 is 0. The van der Waals surface area contributed by atoms with Crippen LogP contribution in [0.1, 0.15) is 49.7 Å². The van der Waals surface area contributed by atoms with Gasteiger partial charge in [-0.05, 0) is 18.9 Å². The molecule has 0 radical (unpaired) electrons. The third kappa shape index (κ3) is 3.19. The number of hydrogen-bond acceptors (Lipinski definition) is 5. The van der Waals surface area contributed by atoms with Crippen molar-refractivity contribution < 1.29 is 9.26 Å². The molecule has 2 rings (SSSR count). The highest BCUT2D eigenvalue weighted by Crippen LogP contribution is 2.24. The molecule has 1 aromatic heterocycles. The van der Waals surface area contributed by atoms with E-state index in [9.17, 15) is 0 Å². The molecule has 2 N–H and O–H groups in total. The Kier molecular flexibility index (Phi) is 4.65. The molecule has 0 aliphatic carbocycles. The van der Waals surface area contributed by atoms with Crippen LogP contribution in [-0.4, -0.2) is 16.7 Å². The van der Waals surface area contributed by atoms with E-state index >= 15 is 0 Å². The first-order chi connectivity index (χ1) is 9.26. The normalized spacial score (nSPS) is 14.3. The number of ether oxygens (including phenoxy) is 1. The maximum atomic E-state index is 5.88. The minimum Gasteiger partial charge on any atom is -0.366 e. The van der Waals surface area contributed by atoms with Gasteiger partial charge in [0.25, 0.3) is 0 Å². The Bertz CT molecular complexity index is 498. The average Bonchev–Trinajstić information content (AvgIpc) is 2.94. The van der Waals surface area contributed by atoms with Crippen molar-refractivity contribution in [2.45, 2.75) is 32.4 Å². The van der Waals surface area contributed by atoms with Crippen molar-refractivity contribution in [1.82, 2.24) is 10.1 Å². The zero-order chi connectivity index (χ0) is 13.7. The Balaban J connectivity index is 2.27. The largest absolute Gasteiger partial charge is 0.366 e. The zero-order valence-corrected chi connectivity index (χ0v) is 11.2. The van der Waals surface area contributed by atoms with Crippen LogP contribution in [0.2, 0.25) is 0 Å². The molecule has 2 atom stereocenters. The summed E-state index contributed by atoms with van der Waals surface area (Å²) in [6.07, 6.45) is 0.444. The minimum atomic E-state index is -0.312. The number of nitrogens with two attached hydrogens (primary N) is 1. The highest BCUT2D eigenvalue weighted by atomic mass is 16.5. The van der Waals surface area contributed by atoms with E-state index in [2.05, 4.69) is 10.1 Å². The van der Waals surface area contributed by atoms with Gasteiger partial charge in [0.05, 0.1) is 6.04 Å². The second-order valence-corrected chi connectivity index (χ2v) is 4.25. The lowest BCUT2D eigenvalue weighted by Gasteiger charge is -2.13. The van der Waals surface area contributed by atoms with Gasteiger partial charge in [0.2, 0.25) is 11.7 Å². The van der Waals surface area contributed by atoms with Crippen LogP contribution in [0.15, 0.2) is 34.9 Å². The lowest BCUT2D eigenvalue weighted by molar-refractivity contribution is 0.0833. The van der Waals surface area contributed by atoms with Gasteiger partial charge in [0, 0.05) is 6.61 Å². The van der Waals surface area contributed by atoms with Gasteiger partial charge in [-0.3, -0.25) is 0 Å². The molecule has 0 saturated carbocycles. The van der Waals surface area contributed by atoms with E-state index in [0.717, 1.165) is 12.0 Å². The van der Waals surface area contributed by atoms with Crippen LogP contribution in [0.5, 0.6) is 0 Å². The van der Waals surface area contributed by atoms with Crippen LogP contribution >= 0.6 is 0 Å². The molecule has 0 bridgehead atoms. The molecule has 19 heavy (non-hydrogen) atoms. The molecule has 2 unspecified atom stereocenters. The van der Waals surface area contributed by atoms with Crippen LogP contribution in [0.3, 0.4) is 0 Å². The highest BCUT2D eigenvalue weighted by molar-refractivity contribution is 5.22. The highest BCUT2D eigenvalue weighted by Gasteiger charge is 2.22. The summed E-state index contributed by atoms with van der Waals surface area (Å²) in [4.78, 5) is 4.35. The van der Waals surface area contributed by atoms with Crippen LogP contribution in [0, 0.1) is 0 Å². The van der Waals surface area contributed by atoms with E-state index in [1.165, 1.54) is 0 Å². The molecule has 0 amide bonds. The number of nitrogens with zero attached hydrogens (tertiary/aromatic N) is 2. The summed E-state index contributed by atoms with van der Waals surface area (Å²) in [6, 6.07) is 9.62. The van der Waals surface area contributed by atoms with Crippen molar-refractivity contribution in [3.8, 4) is 0 Å². The van der Waals surface area contributed by atoms with E-state index in [1.54, 1.807) is 0 Å². The Morgan fingerprint density at radius 1 is 1.26 bits per heavy atom. The molecule has 0 fully saturated rings.